The number of hydrogen-bond donors (Lipinski definition) is 1. The van der Waals surface area contributed by atoms with Crippen LogP contribution in [0.15, 0.2) is 22.7 Å². The molecule has 2 N–H and O–H groups in total. The summed E-state index contributed by atoms with van der Waals surface area (Å²) in [6.07, 6.45) is 3.20. The molecule has 1 aromatic carbocycles. The molecule has 2 rings (SSSR count). The van der Waals surface area contributed by atoms with Crippen molar-refractivity contribution < 1.29 is 4.74 Å². The van der Waals surface area contributed by atoms with E-state index in [0.29, 0.717) is 0 Å². The van der Waals surface area contributed by atoms with E-state index < -0.39 is 0 Å². The summed E-state index contributed by atoms with van der Waals surface area (Å²) >= 11 is 3.67. The van der Waals surface area contributed by atoms with Crippen LogP contribution in [0, 0.1) is 0 Å². The van der Waals surface area contributed by atoms with E-state index in [9.17, 15) is 0 Å². The molecule has 0 bridgehead atoms. The van der Waals surface area contributed by atoms with Gasteiger partial charge in [-0.2, -0.15) is 0 Å². The first-order valence-electron chi connectivity index (χ1n) is 7.28. The Balaban J connectivity index is 2.15. The maximum absolute atomic E-state index is 5.88. The van der Waals surface area contributed by atoms with Crippen molar-refractivity contribution >= 4 is 21.6 Å². The lowest BCUT2D eigenvalue weighted by molar-refractivity contribution is -0.00465. The third-order valence-electron chi connectivity index (χ3n) is 4.10. The number of rotatable bonds is 4. The van der Waals surface area contributed by atoms with Crippen LogP contribution in [0.1, 0.15) is 32.3 Å². The van der Waals surface area contributed by atoms with E-state index in [-0.39, 0.29) is 11.6 Å². The summed E-state index contributed by atoms with van der Waals surface area (Å²) in [5, 5.41) is 0. The highest BCUT2D eigenvalue weighted by Crippen LogP contribution is 2.31. The maximum atomic E-state index is 5.88. The third-order valence-corrected chi connectivity index (χ3v) is 4.83. The Morgan fingerprint density at radius 2 is 2.25 bits per heavy atom. The topological polar surface area (TPSA) is 38.5 Å². The molecule has 2 atom stereocenters. The summed E-state index contributed by atoms with van der Waals surface area (Å²) in [5.74, 6) is 0. The number of benzene rings is 1. The van der Waals surface area contributed by atoms with E-state index in [4.69, 9.17) is 10.5 Å². The van der Waals surface area contributed by atoms with Gasteiger partial charge in [0.2, 0.25) is 0 Å². The van der Waals surface area contributed by atoms with Gasteiger partial charge in [-0.25, -0.2) is 0 Å². The van der Waals surface area contributed by atoms with Gasteiger partial charge in [0.15, 0.2) is 0 Å². The van der Waals surface area contributed by atoms with E-state index in [1.165, 1.54) is 17.7 Å². The van der Waals surface area contributed by atoms with Gasteiger partial charge in [-0.15, -0.1) is 0 Å². The minimum atomic E-state index is -0.0326. The second-order valence-electron chi connectivity index (χ2n) is 6.14. The molecule has 2 unspecified atom stereocenters. The largest absolute Gasteiger partial charge is 0.377 e. The lowest BCUT2D eigenvalue weighted by atomic mass is 9.94. The van der Waals surface area contributed by atoms with Gasteiger partial charge in [0.05, 0.1) is 5.60 Å². The molecule has 1 aromatic rings. The number of methoxy groups -OCH3 is 1. The van der Waals surface area contributed by atoms with Crippen molar-refractivity contribution in [3.8, 4) is 0 Å². The normalized spacial score (nSPS) is 24.8. The summed E-state index contributed by atoms with van der Waals surface area (Å²) in [4.78, 5) is 2.41. The fourth-order valence-corrected chi connectivity index (χ4v) is 3.37. The first-order chi connectivity index (χ1) is 9.43. The highest BCUT2D eigenvalue weighted by molar-refractivity contribution is 9.10. The molecule has 20 heavy (non-hydrogen) atoms. The molecule has 0 aromatic heterocycles. The molecule has 1 aliphatic heterocycles. The number of piperidine rings is 1. The van der Waals surface area contributed by atoms with Gasteiger partial charge in [-0.05, 0) is 50.8 Å². The van der Waals surface area contributed by atoms with E-state index in [1.807, 2.05) is 14.0 Å². The van der Waals surface area contributed by atoms with Gasteiger partial charge < -0.3 is 15.4 Å². The van der Waals surface area contributed by atoms with Crippen molar-refractivity contribution in [1.82, 2.24) is 0 Å². The summed E-state index contributed by atoms with van der Waals surface area (Å²) in [6.45, 7) is 6.27. The summed E-state index contributed by atoms with van der Waals surface area (Å²) in [7, 11) is 1.81. The molecular weight excluding hydrogens is 316 g/mol. The molecule has 0 aliphatic carbocycles. The molecule has 3 nitrogen and oxygen atoms in total. The van der Waals surface area contributed by atoms with Crippen molar-refractivity contribution in [3.63, 3.8) is 0 Å². The van der Waals surface area contributed by atoms with Gasteiger partial charge in [0.25, 0.3) is 0 Å². The van der Waals surface area contributed by atoms with Gasteiger partial charge in [0.1, 0.15) is 0 Å². The highest BCUT2D eigenvalue weighted by atomic mass is 79.9. The molecule has 0 saturated carbocycles. The highest BCUT2D eigenvalue weighted by Gasteiger charge is 2.30. The standard InChI is InChI=1S/C16H25BrN2O/c1-12(18)9-13-5-6-14(10-15(13)17)19-8-4-7-16(2,11-19)20-3/h5-6,10,12H,4,7-9,11,18H2,1-3H3. The molecule has 0 radical (unpaired) electrons. The molecule has 1 heterocycles. The van der Waals surface area contributed by atoms with Crippen LogP contribution >= 0.6 is 15.9 Å². The van der Waals surface area contributed by atoms with Crippen molar-refractivity contribution in [3.05, 3.63) is 28.2 Å². The third kappa shape index (κ3) is 3.74. The van der Waals surface area contributed by atoms with Gasteiger partial charge in [0, 0.05) is 36.4 Å². The minimum Gasteiger partial charge on any atom is -0.377 e. The molecule has 112 valence electrons. The Morgan fingerprint density at radius 3 is 2.85 bits per heavy atom. The number of nitrogens with two attached hydrogens (primary N) is 1. The van der Waals surface area contributed by atoms with Crippen molar-refractivity contribution in [2.75, 3.05) is 25.1 Å². The summed E-state index contributed by atoms with van der Waals surface area (Å²) in [5.41, 5.74) is 8.38. The smallest absolute Gasteiger partial charge is 0.0825 e. The minimum absolute atomic E-state index is 0.0326. The zero-order valence-corrected chi connectivity index (χ0v) is 14.2. The van der Waals surface area contributed by atoms with Crippen molar-refractivity contribution in [1.29, 1.82) is 0 Å². The van der Waals surface area contributed by atoms with Crippen molar-refractivity contribution in [2.45, 2.75) is 44.8 Å². The Bertz CT molecular complexity index is 464. The fourth-order valence-electron chi connectivity index (χ4n) is 2.84. The van der Waals surface area contributed by atoms with Gasteiger partial charge in [-0.1, -0.05) is 22.0 Å². The zero-order valence-electron chi connectivity index (χ0n) is 12.7. The molecule has 0 amide bonds. The second-order valence-corrected chi connectivity index (χ2v) is 6.99. The van der Waals surface area contributed by atoms with E-state index in [1.54, 1.807) is 0 Å². The van der Waals surface area contributed by atoms with Crippen LogP contribution in [0.3, 0.4) is 0 Å². The Hall–Kier alpha value is -0.580. The molecular formula is C16H25BrN2O. The van der Waals surface area contributed by atoms with Crippen LogP contribution in [0.25, 0.3) is 0 Å². The van der Waals surface area contributed by atoms with Crippen LogP contribution in [0.5, 0.6) is 0 Å². The van der Waals surface area contributed by atoms with Crippen LogP contribution in [-0.2, 0) is 11.2 Å². The number of ether oxygens (including phenoxy) is 1. The monoisotopic (exact) mass is 340 g/mol. The number of anilines is 1. The average Bonchev–Trinajstić information content (AvgIpc) is 2.41. The zero-order chi connectivity index (χ0) is 14.8. The van der Waals surface area contributed by atoms with E-state index >= 15 is 0 Å². The Morgan fingerprint density at radius 1 is 1.50 bits per heavy atom. The second kappa shape index (κ2) is 6.46. The molecule has 4 heteroatoms. The van der Waals surface area contributed by atoms with Crippen LogP contribution < -0.4 is 10.6 Å². The van der Waals surface area contributed by atoms with Gasteiger partial charge >= 0.3 is 0 Å². The van der Waals surface area contributed by atoms with Gasteiger partial charge in [-0.3, -0.25) is 0 Å². The average molecular weight is 341 g/mol. The van der Waals surface area contributed by atoms with E-state index in [0.717, 1.165) is 30.4 Å². The van der Waals surface area contributed by atoms with Crippen LogP contribution in [0.2, 0.25) is 0 Å². The first-order valence-corrected chi connectivity index (χ1v) is 8.07. The SMILES string of the molecule is COC1(C)CCCN(c2ccc(CC(C)N)c(Br)c2)C1. The fraction of sp³-hybridized carbons (Fsp3) is 0.625. The quantitative estimate of drug-likeness (QED) is 0.913. The maximum Gasteiger partial charge on any atom is 0.0825 e. The predicted molar refractivity (Wildman–Crippen MR) is 88.4 cm³/mol. The number of nitrogens with zero attached hydrogens (tertiary/aromatic N) is 1. The number of hydrogen-bond acceptors (Lipinski definition) is 3. The summed E-state index contributed by atoms with van der Waals surface area (Å²) in [6, 6.07) is 6.77. The molecule has 1 aliphatic rings. The van der Waals surface area contributed by atoms with E-state index in [2.05, 4.69) is 46.0 Å². The van der Waals surface area contributed by atoms with Crippen molar-refractivity contribution in [2.24, 2.45) is 5.73 Å². The first kappa shape index (κ1) is 15.8. The predicted octanol–water partition coefficient (Wildman–Crippen LogP) is 3.34. The summed E-state index contributed by atoms with van der Waals surface area (Å²) < 4.78 is 6.82. The molecule has 0 spiro atoms. The molecule has 1 saturated heterocycles. The van der Waals surface area contributed by atoms with Crippen LogP contribution in [0.4, 0.5) is 5.69 Å². The lowest BCUT2D eigenvalue weighted by Crippen LogP contribution is -2.47. The Labute approximate surface area is 130 Å². The number of halogens is 1. The lowest BCUT2D eigenvalue weighted by Gasteiger charge is -2.40. The Kier molecular flexibility index (Phi) is 5.10. The van der Waals surface area contributed by atoms with Crippen LogP contribution in [-0.4, -0.2) is 31.8 Å². The molecule has 1 fully saturated rings.